The van der Waals surface area contributed by atoms with Crippen LogP contribution in [-0.2, 0) is 4.79 Å². The zero-order valence-electron chi connectivity index (χ0n) is 16.0. The van der Waals surface area contributed by atoms with Crippen molar-refractivity contribution in [3.63, 3.8) is 0 Å². The molecule has 9 heteroatoms. The highest BCUT2D eigenvalue weighted by molar-refractivity contribution is 7.12. The summed E-state index contributed by atoms with van der Waals surface area (Å²) < 4.78 is 0. The summed E-state index contributed by atoms with van der Waals surface area (Å²) in [5.74, 6) is -0.365. The van der Waals surface area contributed by atoms with Gasteiger partial charge in [0.2, 0.25) is 5.91 Å². The van der Waals surface area contributed by atoms with Crippen LogP contribution in [0.3, 0.4) is 0 Å². The summed E-state index contributed by atoms with van der Waals surface area (Å²) in [5, 5.41) is 6.55. The number of nitrogens with one attached hydrogen (secondary N) is 1. The van der Waals surface area contributed by atoms with Crippen LogP contribution in [0, 0.1) is 0 Å². The lowest BCUT2D eigenvalue weighted by atomic mass is 10.1. The number of hydrogen-bond donors (Lipinski definition) is 2. The van der Waals surface area contributed by atoms with Crippen LogP contribution in [-0.4, -0.2) is 65.3 Å². The first kappa shape index (κ1) is 20.1. The molecule has 29 heavy (non-hydrogen) atoms. The molecule has 0 bridgehead atoms. The molecule has 2 aromatic rings. The van der Waals surface area contributed by atoms with E-state index in [1.165, 1.54) is 22.7 Å². The van der Waals surface area contributed by atoms with E-state index in [-0.39, 0.29) is 29.8 Å². The molecule has 154 valence electrons. The van der Waals surface area contributed by atoms with Gasteiger partial charge in [0.1, 0.15) is 6.04 Å². The summed E-state index contributed by atoms with van der Waals surface area (Å²) in [7, 11) is 0. The van der Waals surface area contributed by atoms with E-state index in [4.69, 9.17) is 5.73 Å². The van der Waals surface area contributed by atoms with Crippen LogP contribution in [0.15, 0.2) is 35.0 Å². The molecular weight excluding hydrogens is 408 g/mol. The van der Waals surface area contributed by atoms with Crippen molar-refractivity contribution in [2.24, 2.45) is 5.73 Å². The number of hydrogen-bond acceptors (Lipinski definition) is 6. The molecule has 3 amide bonds. The van der Waals surface area contributed by atoms with E-state index >= 15 is 0 Å². The molecule has 1 saturated carbocycles. The van der Waals surface area contributed by atoms with Crippen molar-refractivity contribution < 1.29 is 14.4 Å². The summed E-state index contributed by atoms with van der Waals surface area (Å²) in [6.07, 6.45) is 2.38. The summed E-state index contributed by atoms with van der Waals surface area (Å²) in [5.41, 5.74) is 5.52. The molecule has 1 aliphatic carbocycles. The van der Waals surface area contributed by atoms with Crippen molar-refractivity contribution in [3.05, 3.63) is 44.8 Å². The fourth-order valence-electron chi connectivity index (χ4n) is 3.85. The summed E-state index contributed by atoms with van der Waals surface area (Å²) in [4.78, 5) is 43.8. The molecule has 0 spiro atoms. The maximum absolute atomic E-state index is 13.1. The number of thiophene rings is 2. The van der Waals surface area contributed by atoms with Gasteiger partial charge in [-0.3, -0.25) is 14.4 Å². The molecule has 4 rings (SSSR count). The summed E-state index contributed by atoms with van der Waals surface area (Å²) in [6, 6.07) is 6.72. The van der Waals surface area contributed by atoms with Gasteiger partial charge < -0.3 is 20.9 Å². The highest BCUT2D eigenvalue weighted by atomic mass is 32.1. The van der Waals surface area contributed by atoms with Crippen molar-refractivity contribution in [1.82, 2.24) is 15.1 Å². The Labute approximate surface area is 177 Å². The van der Waals surface area contributed by atoms with E-state index in [1.807, 2.05) is 33.9 Å². The fraction of sp³-hybridized carbons (Fsp3) is 0.450. The first-order valence-corrected chi connectivity index (χ1v) is 11.5. The lowest BCUT2D eigenvalue weighted by Crippen LogP contribution is -2.47. The second-order valence-electron chi connectivity index (χ2n) is 7.34. The Hall–Kier alpha value is -2.23. The standard InChI is InChI=1S/C20H24N4O3S2/c21-7-8-22-18(25)15-11-14(12-23(15)19(26)16-3-1-9-28-16)24(13-5-6-13)20(27)17-4-2-10-29-17/h1-4,9-10,13-15H,5-8,11-12,21H2,(H,22,25). The number of likely N-dealkylation sites (tertiary alicyclic amines) is 1. The number of amides is 3. The lowest BCUT2D eigenvalue weighted by molar-refractivity contribution is -0.124. The van der Waals surface area contributed by atoms with Crippen LogP contribution < -0.4 is 11.1 Å². The van der Waals surface area contributed by atoms with Crippen LogP contribution in [0.1, 0.15) is 38.6 Å². The first-order valence-electron chi connectivity index (χ1n) is 9.78. The van der Waals surface area contributed by atoms with Gasteiger partial charge in [0.05, 0.1) is 15.8 Å². The van der Waals surface area contributed by atoms with Crippen molar-refractivity contribution in [3.8, 4) is 0 Å². The monoisotopic (exact) mass is 432 g/mol. The van der Waals surface area contributed by atoms with Crippen LogP contribution >= 0.6 is 22.7 Å². The molecule has 2 unspecified atom stereocenters. The molecular formula is C20H24N4O3S2. The highest BCUT2D eigenvalue weighted by Crippen LogP contribution is 2.35. The molecule has 1 aliphatic heterocycles. The second kappa shape index (κ2) is 8.64. The van der Waals surface area contributed by atoms with E-state index < -0.39 is 6.04 Å². The topological polar surface area (TPSA) is 95.7 Å². The van der Waals surface area contributed by atoms with Gasteiger partial charge in [-0.15, -0.1) is 22.7 Å². The van der Waals surface area contributed by atoms with Gasteiger partial charge in [-0.1, -0.05) is 12.1 Å². The Morgan fingerprint density at radius 1 is 1.10 bits per heavy atom. The molecule has 2 atom stereocenters. The van der Waals surface area contributed by atoms with Gasteiger partial charge in [0.25, 0.3) is 11.8 Å². The molecule has 3 heterocycles. The maximum Gasteiger partial charge on any atom is 0.264 e. The summed E-state index contributed by atoms with van der Waals surface area (Å²) >= 11 is 2.78. The van der Waals surface area contributed by atoms with Crippen LogP contribution in [0.4, 0.5) is 0 Å². The molecule has 2 fully saturated rings. The molecule has 2 aromatic heterocycles. The second-order valence-corrected chi connectivity index (χ2v) is 9.24. The normalized spacial score (nSPS) is 21.2. The third kappa shape index (κ3) is 4.22. The fourth-order valence-corrected chi connectivity index (χ4v) is 5.20. The molecule has 7 nitrogen and oxygen atoms in total. The zero-order valence-corrected chi connectivity index (χ0v) is 17.6. The SMILES string of the molecule is NCCNC(=O)C1CC(N(C(=O)c2cccs2)C2CC2)CN1C(=O)c1cccs1. The minimum absolute atomic E-state index is 0.000890. The van der Waals surface area contributed by atoms with Crippen molar-refractivity contribution >= 4 is 40.4 Å². The van der Waals surface area contributed by atoms with Gasteiger partial charge >= 0.3 is 0 Å². The number of carbonyl (C=O) groups excluding carboxylic acids is 3. The van der Waals surface area contributed by atoms with Gasteiger partial charge in [0, 0.05) is 25.7 Å². The Morgan fingerprint density at radius 2 is 1.79 bits per heavy atom. The Balaban J connectivity index is 1.58. The van der Waals surface area contributed by atoms with E-state index in [0.29, 0.717) is 35.8 Å². The first-order chi connectivity index (χ1) is 14.1. The Kier molecular flexibility index (Phi) is 5.98. The molecule has 0 radical (unpaired) electrons. The van der Waals surface area contributed by atoms with E-state index in [9.17, 15) is 14.4 Å². The average Bonchev–Trinajstić information content (AvgIpc) is 3.18. The van der Waals surface area contributed by atoms with Gasteiger partial charge in [-0.25, -0.2) is 0 Å². The minimum atomic E-state index is -0.599. The summed E-state index contributed by atoms with van der Waals surface area (Å²) in [6.45, 7) is 1.07. The Morgan fingerprint density at radius 3 is 2.38 bits per heavy atom. The van der Waals surface area contributed by atoms with Gasteiger partial charge in [-0.05, 0) is 42.2 Å². The molecule has 3 N–H and O–H groups in total. The van der Waals surface area contributed by atoms with E-state index in [2.05, 4.69) is 5.32 Å². The largest absolute Gasteiger partial charge is 0.353 e. The van der Waals surface area contributed by atoms with Crippen LogP contribution in [0.25, 0.3) is 0 Å². The number of nitrogens with zero attached hydrogens (tertiary/aromatic N) is 2. The minimum Gasteiger partial charge on any atom is -0.353 e. The van der Waals surface area contributed by atoms with Gasteiger partial charge in [-0.2, -0.15) is 0 Å². The lowest BCUT2D eigenvalue weighted by Gasteiger charge is -2.28. The third-order valence-electron chi connectivity index (χ3n) is 5.32. The van der Waals surface area contributed by atoms with E-state index in [0.717, 1.165) is 12.8 Å². The van der Waals surface area contributed by atoms with Crippen LogP contribution in [0.2, 0.25) is 0 Å². The zero-order chi connectivity index (χ0) is 20.4. The predicted octanol–water partition coefficient (Wildman–Crippen LogP) is 1.77. The van der Waals surface area contributed by atoms with Gasteiger partial charge in [0.15, 0.2) is 0 Å². The smallest absolute Gasteiger partial charge is 0.264 e. The predicted molar refractivity (Wildman–Crippen MR) is 113 cm³/mol. The molecule has 1 saturated heterocycles. The molecule has 0 aromatic carbocycles. The Bertz CT molecular complexity index is 864. The van der Waals surface area contributed by atoms with E-state index in [1.54, 1.807) is 11.0 Å². The van der Waals surface area contributed by atoms with Crippen molar-refractivity contribution in [2.75, 3.05) is 19.6 Å². The number of nitrogens with two attached hydrogens (primary N) is 1. The number of rotatable bonds is 7. The molecule has 2 aliphatic rings. The maximum atomic E-state index is 13.1. The number of carbonyl (C=O) groups is 3. The van der Waals surface area contributed by atoms with Crippen molar-refractivity contribution in [1.29, 1.82) is 0 Å². The average molecular weight is 433 g/mol. The van der Waals surface area contributed by atoms with Crippen LogP contribution in [0.5, 0.6) is 0 Å². The highest BCUT2D eigenvalue weighted by Gasteiger charge is 2.47. The van der Waals surface area contributed by atoms with Crippen molar-refractivity contribution in [2.45, 2.75) is 37.4 Å². The quantitative estimate of drug-likeness (QED) is 0.697. The third-order valence-corrected chi connectivity index (χ3v) is 7.03.